The summed E-state index contributed by atoms with van der Waals surface area (Å²) >= 11 is 0. The summed E-state index contributed by atoms with van der Waals surface area (Å²) in [6.07, 6.45) is 0. The summed E-state index contributed by atoms with van der Waals surface area (Å²) in [5.41, 5.74) is 1.38. The van der Waals surface area contributed by atoms with Crippen molar-refractivity contribution in [1.29, 1.82) is 0 Å². The molecule has 0 radical (unpaired) electrons. The van der Waals surface area contributed by atoms with Gasteiger partial charge >= 0.3 is 5.97 Å². The van der Waals surface area contributed by atoms with Gasteiger partial charge in [-0.25, -0.2) is 8.42 Å². The highest BCUT2D eigenvalue weighted by Gasteiger charge is 2.29. The molecule has 6 nitrogen and oxygen atoms in total. The van der Waals surface area contributed by atoms with Gasteiger partial charge in [-0.05, 0) is 38.0 Å². The van der Waals surface area contributed by atoms with Crippen LogP contribution in [0.25, 0.3) is 0 Å². The second kappa shape index (κ2) is 5.48. The zero-order valence-corrected chi connectivity index (χ0v) is 12.0. The Morgan fingerprint density at radius 1 is 1.37 bits per heavy atom. The molecule has 0 aromatic heterocycles. The van der Waals surface area contributed by atoms with Crippen LogP contribution in [0.1, 0.15) is 18.1 Å². The first-order valence-corrected chi connectivity index (χ1v) is 7.13. The van der Waals surface area contributed by atoms with E-state index in [1.165, 1.54) is 13.0 Å². The molecule has 1 unspecified atom stereocenters. The quantitative estimate of drug-likeness (QED) is 0.643. The Morgan fingerprint density at radius 3 is 2.47 bits per heavy atom. The lowest BCUT2D eigenvalue weighted by Crippen LogP contribution is -2.33. The Hall–Kier alpha value is -1.76. The number of phenols is 1. The van der Waals surface area contributed by atoms with E-state index >= 15 is 0 Å². The number of anilines is 1. The van der Waals surface area contributed by atoms with Crippen molar-refractivity contribution >= 4 is 21.7 Å². The number of hydrogen-bond donors (Lipinski definition) is 2. The maximum atomic E-state index is 12.0. The molecule has 1 aromatic carbocycles. The average molecular weight is 287 g/mol. The molecule has 1 aromatic rings. The highest BCUT2D eigenvalue weighted by atomic mass is 32.2. The maximum absolute atomic E-state index is 12.0. The second-order valence-electron chi connectivity index (χ2n) is 4.29. The van der Waals surface area contributed by atoms with E-state index in [9.17, 15) is 18.3 Å². The third kappa shape index (κ3) is 3.37. The second-order valence-corrected chi connectivity index (χ2v) is 6.29. The molecule has 2 N–H and O–H groups in total. The smallest absolute Gasteiger partial charge is 0.325 e. The van der Waals surface area contributed by atoms with Crippen LogP contribution in [0.15, 0.2) is 12.1 Å². The number of carbonyl (C=O) groups excluding carboxylic acids is 1. The molecule has 0 amide bonds. The summed E-state index contributed by atoms with van der Waals surface area (Å²) in [6, 6.07) is 3.21. The SMILES string of the molecule is COC(=O)C(C)S(=O)(=O)Nc1cc(C)cc(C)c1O. The lowest BCUT2D eigenvalue weighted by Gasteiger charge is -2.15. The molecule has 0 aliphatic carbocycles. The summed E-state index contributed by atoms with van der Waals surface area (Å²) in [6.45, 7) is 4.64. The van der Waals surface area contributed by atoms with Gasteiger partial charge in [0.25, 0.3) is 0 Å². The average Bonchev–Trinajstić information content (AvgIpc) is 2.33. The Balaban J connectivity index is 3.12. The topological polar surface area (TPSA) is 92.7 Å². The first-order valence-electron chi connectivity index (χ1n) is 5.58. The summed E-state index contributed by atoms with van der Waals surface area (Å²) in [7, 11) is -2.85. The Kier molecular flexibility index (Phi) is 4.41. The van der Waals surface area contributed by atoms with Crippen LogP contribution >= 0.6 is 0 Å². The van der Waals surface area contributed by atoms with Crippen LogP contribution in [0.2, 0.25) is 0 Å². The van der Waals surface area contributed by atoms with Gasteiger partial charge in [0.2, 0.25) is 10.0 Å². The normalized spacial score (nSPS) is 12.8. The third-order valence-corrected chi connectivity index (χ3v) is 4.32. The largest absolute Gasteiger partial charge is 0.505 e. The molecule has 19 heavy (non-hydrogen) atoms. The molecule has 0 heterocycles. The molecule has 0 bridgehead atoms. The Labute approximate surface area is 112 Å². The van der Waals surface area contributed by atoms with Crippen molar-refractivity contribution in [3.05, 3.63) is 23.3 Å². The number of esters is 1. The molecular weight excluding hydrogens is 270 g/mol. The van der Waals surface area contributed by atoms with E-state index in [1.54, 1.807) is 19.9 Å². The number of benzene rings is 1. The summed E-state index contributed by atoms with van der Waals surface area (Å²) < 4.78 is 30.5. The van der Waals surface area contributed by atoms with E-state index < -0.39 is 21.2 Å². The van der Waals surface area contributed by atoms with Gasteiger partial charge in [0.05, 0.1) is 12.8 Å². The summed E-state index contributed by atoms with van der Waals surface area (Å²) in [5, 5.41) is 8.46. The fourth-order valence-corrected chi connectivity index (χ4v) is 2.56. The number of nitrogens with one attached hydrogen (secondary N) is 1. The predicted molar refractivity (Wildman–Crippen MR) is 71.6 cm³/mol. The van der Waals surface area contributed by atoms with Crippen LogP contribution < -0.4 is 4.72 Å². The molecule has 1 atom stereocenters. The van der Waals surface area contributed by atoms with Gasteiger partial charge in [-0.2, -0.15) is 0 Å². The molecule has 106 valence electrons. The monoisotopic (exact) mass is 287 g/mol. The molecule has 0 aliphatic heterocycles. The first kappa shape index (κ1) is 15.3. The van der Waals surface area contributed by atoms with Crippen molar-refractivity contribution in [2.24, 2.45) is 0 Å². The minimum Gasteiger partial charge on any atom is -0.505 e. The summed E-state index contributed by atoms with van der Waals surface area (Å²) in [4.78, 5) is 11.3. The van der Waals surface area contributed by atoms with Gasteiger partial charge in [0.1, 0.15) is 5.75 Å². The molecule has 0 fully saturated rings. The van der Waals surface area contributed by atoms with Crippen LogP contribution in [0.4, 0.5) is 5.69 Å². The highest BCUT2D eigenvalue weighted by molar-refractivity contribution is 7.94. The number of ether oxygens (including phenoxy) is 1. The number of methoxy groups -OCH3 is 1. The molecule has 0 aliphatic rings. The van der Waals surface area contributed by atoms with E-state index in [4.69, 9.17) is 0 Å². The number of sulfonamides is 1. The van der Waals surface area contributed by atoms with Crippen molar-refractivity contribution in [1.82, 2.24) is 0 Å². The Morgan fingerprint density at radius 2 is 1.95 bits per heavy atom. The molecule has 0 saturated carbocycles. The number of rotatable bonds is 4. The third-order valence-electron chi connectivity index (χ3n) is 2.70. The molecule has 1 rings (SSSR count). The van der Waals surface area contributed by atoms with Gasteiger partial charge in [-0.15, -0.1) is 0 Å². The van der Waals surface area contributed by atoms with Crippen molar-refractivity contribution in [3.8, 4) is 5.75 Å². The number of phenolic OH excluding ortho intramolecular Hbond substituents is 1. The minimum atomic E-state index is -3.97. The number of hydrogen-bond acceptors (Lipinski definition) is 5. The number of aryl methyl sites for hydroxylation is 2. The first-order chi connectivity index (χ1) is 8.69. The minimum absolute atomic E-state index is 0.0493. The van der Waals surface area contributed by atoms with E-state index in [2.05, 4.69) is 9.46 Å². The molecule has 7 heteroatoms. The molecule has 0 saturated heterocycles. The van der Waals surface area contributed by atoms with Gasteiger partial charge in [0, 0.05) is 0 Å². The lowest BCUT2D eigenvalue weighted by molar-refractivity contribution is -0.139. The van der Waals surface area contributed by atoms with Crippen molar-refractivity contribution in [2.45, 2.75) is 26.0 Å². The molecule has 0 spiro atoms. The van der Waals surface area contributed by atoms with E-state index in [0.717, 1.165) is 12.7 Å². The standard InChI is InChI=1S/C12H17NO5S/c1-7-5-8(2)11(14)10(6-7)13-19(16,17)9(3)12(15)18-4/h5-6,9,13-14H,1-4H3. The van der Waals surface area contributed by atoms with Crippen molar-refractivity contribution < 1.29 is 23.1 Å². The summed E-state index contributed by atoms with van der Waals surface area (Å²) in [5.74, 6) is -1.03. The number of carbonyl (C=O) groups is 1. The van der Waals surface area contributed by atoms with E-state index in [1.807, 2.05) is 0 Å². The van der Waals surface area contributed by atoms with Gasteiger partial charge in [-0.3, -0.25) is 9.52 Å². The zero-order valence-electron chi connectivity index (χ0n) is 11.2. The van der Waals surface area contributed by atoms with Crippen LogP contribution in [-0.2, 0) is 19.6 Å². The maximum Gasteiger partial charge on any atom is 0.325 e. The van der Waals surface area contributed by atoms with Gasteiger partial charge in [-0.1, -0.05) is 6.07 Å². The molecular formula is C12H17NO5S. The lowest BCUT2D eigenvalue weighted by atomic mass is 10.1. The highest BCUT2D eigenvalue weighted by Crippen LogP contribution is 2.30. The van der Waals surface area contributed by atoms with Gasteiger partial charge in [0.15, 0.2) is 5.25 Å². The van der Waals surface area contributed by atoms with Crippen LogP contribution in [0.5, 0.6) is 5.75 Å². The fraction of sp³-hybridized carbons (Fsp3) is 0.417. The van der Waals surface area contributed by atoms with Gasteiger partial charge < -0.3 is 9.84 Å². The predicted octanol–water partition coefficient (Wildman–Crippen LogP) is 1.31. The van der Waals surface area contributed by atoms with Crippen molar-refractivity contribution in [2.75, 3.05) is 11.8 Å². The fourth-order valence-electron chi connectivity index (χ4n) is 1.57. The van der Waals surface area contributed by atoms with E-state index in [-0.39, 0.29) is 11.4 Å². The Bertz CT molecular complexity index is 594. The van der Waals surface area contributed by atoms with Crippen LogP contribution in [0.3, 0.4) is 0 Å². The van der Waals surface area contributed by atoms with Crippen LogP contribution in [0, 0.1) is 13.8 Å². The number of aromatic hydroxyl groups is 1. The van der Waals surface area contributed by atoms with Crippen molar-refractivity contribution in [3.63, 3.8) is 0 Å². The zero-order chi connectivity index (χ0) is 14.8. The van der Waals surface area contributed by atoms with Crippen LogP contribution in [-0.4, -0.2) is 31.9 Å². The van der Waals surface area contributed by atoms with E-state index in [0.29, 0.717) is 5.56 Å².